The van der Waals surface area contributed by atoms with Gasteiger partial charge < -0.3 is 4.65 Å². The number of allylic oxidation sites excluding steroid dienone is 1. The highest BCUT2D eigenvalue weighted by atomic mass is 19.2. The minimum Gasteiger partial charge on any atom is -0.505 e. The van der Waals surface area contributed by atoms with Crippen LogP contribution in [-0.4, -0.2) is 13.3 Å². The number of ketones is 1. The molecule has 1 rings (SSSR count). The second kappa shape index (κ2) is 5.29. The van der Waals surface area contributed by atoms with E-state index in [1.807, 2.05) is 0 Å². The normalized spacial score (nSPS) is 11.0. The molecule has 0 aliphatic heterocycles. The Balaban J connectivity index is 2.97. The third-order valence-corrected chi connectivity index (χ3v) is 1.61. The highest BCUT2D eigenvalue weighted by Gasteiger charge is 2.20. The van der Waals surface area contributed by atoms with Crippen LogP contribution in [0.15, 0.2) is 36.4 Å². The van der Waals surface area contributed by atoms with Crippen LogP contribution in [0.3, 0.4) is 0 Å². The van der Waals surface area contributed by atoms with E-state index in [0.717, 1.165) is 6.08 Å². The Labute approximate surface area is 86.8 Å². The zero-order chi connectivity index (χ0) is 11.3. The molecule has 0 unspecified atom stereocenters. The number of hydrogen-bond acceptors (Lipinski definition) is 2. The quantitative estimate of drug-likeness (QED) is 0.433. The largest absolute Gasteiger partial charge is 0.796 e. The van der Waals surface area contributed by atoms with E-state index < -0.39 is 7.47 Å². The topological polar surface area (TPSA) is 26.3 Å². The van der Waals surface area contributed by atoms with Crippen LogP contribution >= 0.6 is 0 Å². The highest BCUT2D eigenvalue weighted by Crippen LogP contribution is 2.17. The first-order chi connectivity index (χ1) is 7.09. The molecule has 0 amide bonds. The summed E-state index contributed by atoms with van der Waals surface area (Å²) >= 11 is 0. The fraction of sp³-hybridized carbons (Fsp3) is 0.100. The molecule has 0 atom stereocenters. The van der Waals surface area contributed by atoms with Crippen molar-refractivity contribution >= 4 is 19.0 Å². The highest BCUT2D eigenvalue weighted by molar-refractivity contribution is 6.36. The summed E-state index contributed by atoms with van der Waals surface area (Å²) in [6.07, 6.45) is 1.04. The van der Waals surface area contributed by atoms with Gasteiger partial charge in [-0.25, -0.2) is 8.63 Å². The number of halogens is 2. The molecule has 0 spiro atoms. The SMILES string of the molecule is CC(=O)/C=C(\OB(F)F)c1ccccc1. The standard InChI is InChI=1S/C10H9BF2O2/c1-8(14)7-10(15-11(12)13)9-5-3-2-4-6-9/h2-7H,1H3/b10-7-. The van der Waals surface area contributed by atoms with Crippen LogP contribution in [0.25, 0.3) is 5.76 Å². The predicted octanol–water partition coefficient (Wildman–Crippen LogP) is 2.56. The molecule has 0 heterocycles. The Bertz CT molecular complexity index is 363. The van der Waals surface area contributed by atoms with Gasteiger partial charge in [0, 0.05) is 11.6 Å². The van der Waals surface area contributed by atoms with Crippen molar-refractivity contribution in [1.82, 2.24) is 0 Å². The molecule has 0 radical (unpaired) electrons. The van der Waals surface area contributed by atoms with Crippen LogP contribution in [0.4, 0.5) is 8.63 Å². The van der Waals surface area contributed by atoms with Crippen molar-refractivity contribution in [2.75, 3.05) is 0 Å². The van der Waals surface area contributed by atoms with Gasteiger partial charge in [-0.1, -0.05) is 30.3 Å². The summed E-state index contributed by atoms with van der Waals surface area (Å²) in [6.45, 7) is 1.28. The van der Waals surface area contributed by atoms with Crippen LogP contribution in [0, 0.1) is 0 Å². The van der Waals surface area contributed by atoms with Crippen LogP contribution in [-0.2, 0) is 9.45 Å². The Morgan fingerprint density at radius 1 is 1.33 bits per heavy atom. The van der Waals surface area contributed by atoms with E-state index >= 15 is 0 Å². The molecule has 0 saturated heterocycles. The number of carbonyl (C=O) groups excluding carboxylic acids is 1. The van der Waals surface area contributed by atoms with E-state index in [9.17, 15) is 13.4 Å². The molecular weight excluding hydrogens is 201 g/mol. The van der Waals surface area contributed by atoms with Crippen molar-refractivity contribution < 1.29 is 18.1 Å². The van der Waals surface area contributed by atoms with Gasteiger partial charge in [0.2, 0.25) is 0 Å². The Hall–Kier alpha value is -1.65. The van der Waals surface area contributed by atoms with Gasteiger partial charge in [-0.05, 0) is 6.92 Å². The van der Waals surface area contributed by atoms with Crippen LogP contribution in [0.2, 0.25) is 0 Å². The van der Waals surface area contributed by atoms with Gasteiger partial charge in [0.15, 0.2) is 5.78 Å². The van der Waals surface area contributed by atoms with Crippen molar-refractivity contribution in [3.05, 3.63) is 42.0 Å². The van der Waals surface area contributed by atoms with Crippen molar-refractivity contribution in [3.63, 3.8) is 0 Å². The minimum absolute atomic E-state index is 0.113. The van der Waals surface area contributed by atoms with Crippen molar-refractivity contribution in [2.45, 2.75) is 6.92 Å². The zero-order valence-electron chi connectivity index (χ0n) is 8.11. The lowest BCUT2D eigenvalue weighted by atomic mass is 10.1. The third kappa shape index (κ3) is 3.93. The van der Waals surface area contributed by atoms with Crippen molar-refractivity contribution in [3.8, 4) is 0 Å². The second-order valence-corrected chi connectivity index (χ2v) is 2.86. The lowest BCUT2D eigenvalue weighted by Crippen LogP contribution is -2.05. The molecule has 0 saturated carbocycles. The molecule has 1 aromatic rings. The number of benzene rings is 1. The maximum atomic E-state index is 12.0. The molecule has 0 aliphatic carbocycles. The first-order valence-corrected chi connectivity index (χ1v) is 4.32. The van der Waals surface area contributed by atoms with Gasteiger partial charge in [0.25, 0.3) is 0 Å². The van der Waals surface area contributed by atoms with Crippen LogP contribution in [0.5, 0.6) is 0 Å². The van der Waals surface area contributed by atoms with E-state index in [2.05, 4.69) is 4.65 Å². The fourth-order valence-electron chi connectivity index (χ4n) is 1.07. The smallest absolute Gasteiger partial charge is 0.505 e. The van der Waals surface area contributed by atoms with Gasteiger partial charge in [-0.2, -0.15) is 0 Å². The van der Waals surface area contributed by atoms with Gasteiger partial charge in [-0.15, -0.1) is 0 Å². The first kappa shape index (κ1) is 11.4. The number of rotatable bonds is 4. The summed E-state index contributed by atoms with van der Waals surface area (Å²) in [4.78, 5) is 10.8. The van der Waals surface area contributed by atoms with Gasteiger partial charge in [-0.3, -0.25) is 4.79 Å². The van der Waals surface area contributed by atoms with Crippen LogP contribution < -0.4 is 0 Å². The first-order valence-electron chi connectivity index (χ1n) is 4.32. The Kier molecular flexibility index (Phi) is 4.03. The van der Waals surface area contributed by atoms with Crippen LogP contribution in [0.1, 0.15) is 12.5 Å². The predicted molar refractivity (Wildman–Crippen MR) is 54.2 cm³/mol. The molecule has 0 fully saturated rings. The maximum absolute atomic E-state index is 12.0. The Morgan fingerprint density at radius 3 is 2.40 bits per heavy atom. The summed E-state index contributed by atoms with van der Waals surface area (Å²) < 4.78 is 28.3. The molecular formula is C10H9BF2O2. The molecule has 0 aliphatic rings. The fourth-order valence-corrected chi connectivity index (χ4v) is 1.07. The molecule has 15 heavy (non-hydrogen) atoms. The minimum atomic E-state index is -2.93. The summed E-state index contributed by atoms with van der Waals surface area (Å²) in [5, 5.41) is 0. The van der Waals surface area contributed by atoms with Gasteiger partial charge in [0.1, 0.15) is 5.76 Å². The summed E-state index contributed by atoms with van der Waals surface area (Å²) in [5.74, 6) is -0.451. The van der Waals surface area contributed by atoms with E-state index in [-0.39, 0.29) is 11.5 Å². The van der Waals surface area contributed by atoms with Crippen molar-refractivity contribution in [1.29, 1.82) is 0 Å². The third-order valence-electron chi connectivity index (χ3n) is 1.61. The maximum Gasteiger partial charge on any atom is 0.796 e. The average Bonchev–Trinajstić information content (AvgIpc) is 2.17. The lowest BCUT2D eigenvalue weighted by Gasteiger charge is -2.07. The molecule has 78 valence electrons. The molecule has 1 aromatic carbocycles. The Morgan fingerprint density at radius 2 is 1.93 bits per heavy atom. The van der Waals surface area contributed by atoms with Crippen molar-refractivity contribution in [2.24, 2.45) is 0 Å². The van der Waals surface area contributed by atoms with Gasteiger partial charge in [0.05, 0.1) is 0 Å². The van der Waals surface area contributed by atoms with E-state index in [4.69, 9.17) is 0 Å². The monoisotopic (exact) mass is 210 g/mol. The number of hydrogen-bond donors (Lipinski definition) is 0. The van der Waals surface area contributed by atoms with E-state index in [1.54, 1.807) is 30.3 Å². The summed E-state index contributed by atoms with van der Waals surface area (Å²) in [6, 6.07) is 8.29. The zero-order valence-corrected chi connectivity index (χ0v) is 8.11. The molecule has 0 bridgehead atoms. The number of carbonyl (C=O) groups is 1. The average molecular weight is 210 g/mol. The second-order valence-electron chi connectivity index (χ2n) is 2.86. The molecule has 5 heteroatoms. The summed E-state index contributed by atoms with van der Waals surface area (Å²) in [5.41, 5.74) is 0.452. The molecule has 2 nitrogen and oxygen atoms in total. The van der Waals surface area contributed by atoms with E-state index in [1.165, 1.54) is 6.92 Å². The molecule has 0 N–H and O–H groups in total. The van der Waals surface area contributed by atoms with E-state index in [0.29, 0.717) is 5.56 Å². The summed E-state index contributed by atoms with van der Waals surface area (Å²) in [7, 11) is -2.93. The molecule has 0 aromatic heterocycles. The lowest BCUT2D eigenvalue weighted by molar-refractivity contribution is -0.112. The van der Waals surface area contributed by atoms with Gasteiger partial charge >= 0.3 is 7.47 Å².